The fraction of sp³-hybridized carbons (Fsp3) is 0.500. The molecule has 3 aliphatic rings. The van der Waals surface area contributed by atoms with Gasteiger partial charge < -0.3 is 4.74 Å². The molecule has 0 radical (unpaired) electrons. The van der Waals surface area contributed by atoms with Gasteiger partial charge in [0, 0.05) is 27.4 Å². The van der Waals surface area contributed by atoms with Crippen LogP contribution in [0.15, 0.2) is 36.4 Å². The molecule has 2 aromatic rings. The maximum Gasteiger partial charge on any atom is 0.261 e. The van der Waals surface area contributed by atoms with E-state index in [2.05, 4.69) is 15.7 Å². The van der Waals surface area contributed by atoms with Gasteiger partial charge in [0.2, 0.25) is 0 Å². The van der Waals surface area contributed by atoms with Crippen molar-refractivity contribution in [1.29, 1.82) is 0 Å². The van der Waals surface area contributed by atoms with Gasteiger partial charge in [-0.1, -0.05) is 23.2 Å². The number of nitrogens with one attached hydrogen (secondary N) is 1. The molecule has 2 aromatic carbocycles. The number of likely N-dealkylation sites (tertiary alicyclic amines) is 1. The smallest absolute Gasteiger partial charge is 0.261 e. The van der Waals surface area contributed by atoms with E-state index >= 15 is 0 Å². The van der Waals surface area contributed by atoms with E-state index in [0.717, 1.165) is 56.0 Å². The van der Waals surface area contributed by atoms with Crippen molar-refractivity contribution in [1.82, 2.24) is 9.62 Å². The summed E-state index contributed by atoms with van der Waals surface area (Å²) in [6.07, 6.45) is 7.02. The van der Waals surface area contributed by atoms with E-state index in [4.69, 9.17) is 27.9 Å². The Labute approximate surface area is 210 Å². The van der Waals surface area contributed by atoms with Gasteiger partial charge >= 0.3 is 0 Å². The first kappa shape index (κ1) is 23.3. The summed E-state index contributed by atoms with van der Waals surface area (Å²) >= 11 is 13.9. The van der Waals surface area contributed by atoms with Gasteiger partial charge in [0.25, 0.3) is 5.91 Å². The van der Waals surface area contributed by atoms with Gasteiger partial charge in [0.05, 0.1) is 6.61 Å². The van der Waals surface area contributed by atoms with Crippen LogP contribution in [0.3, 0.4) is 0 Å². The molecule has 1 amide bonds. The van der Waals surface area contributed by atoms with Crippen LogP contribution in [0.1, 0.15) is 65.9 Å². The molecule has 4 nitrogen and oxygen atoms in total. The largest absolute Gasteiger partial charge is 0.493 e. The van der Waals surface area contributed by atoms with Crippen LogP contribution in [0.25, 0.3) is 0 Å². The quantitative estimate of drug-likeness (QED) is 0.385. The monoisotopic (exact) mass is 504 g/mol. The van der Waals surface area contributed by atoms with Crippen molar-refractivity contribution in [2.24, 2.45) is 5.92 Å². The molecule has 0 bridgehead atoms. The molecule has 0 unspecified atom stereocenters. The van der Waals surface area contributed by atoms with Gasteiger partial charge in [-0.05, 0) is 123 Å². The molecule has 1 heterocycles. The molecule has 7 heteroatoms. The van der Waals surface area contributed by atoms with Crippen molar-refractivity contribution in [2.75, 3.05) is 19.7 Å². The Morgan fingerprint density at radius 1 is 1.00 bits per heavy atom. The Morgan fingerprint density at radius 2 is 1.73 bits per heavy atom. The van der Waals surface area contributed by atoms with Crippen LogP contribution in [0.2, 0.25) is 10.0 Å². The van der Waals surface area contributed by atoms with Crippen LogP contribution in [-0.2, 0) is 6.54 Å². The number of hydrogen-bond acceptors (Lipinski definition) is 4. The topological polar surface area (TPSA) is 41.6 Å². The second-order valence-electron chi connectivity index (χ2n) is 9.58. The Hall–Kier alpha value is -1.40. The van der Waals surface area contributed by atoms with Gasteiger partial charge in [-0.15, -0.1) is 0 Å². The molecule has 0 aromatic heterocycles. The summed E-state index contributed by atoms with van der Waals surface area (Å²) in [7, 11) is 0. The molecule has 3 fully saturated rings. The first-order chi connectivity index (χ1) is 16.0. The van der Waals surface area contributed by atoms with Gasteiger partial charge in [-0.2, -0.15) is 0 Å². The van der Waals surface area contributed by atoms with E-state index in [-0.39, 0.29) is 5.91 Å². The molecule has 1 N–H and O–H groups in total. The number of rotatable bonds is 9. The summed E-state index contributed by atoms with van der Waals surface area (Å²) in [6.45, 7) is 3.71. The number of nitrogens with zero attached hydrogens (tertiary/aromatic N) is 1. The fourth-order valence-corrected chi connectivity index (χ4v) is 5.73. The molecule has 2 aliphatic carbocycles. The van der Waals surface area contributed by atoms with Gasteiger partial charge in [0.15, 0.2) is 0 Å². The molecule has 5 rings (SSSR count). The Balaban J connectivity index is 1.12. The minimum atomic E-state index is 0.00807. The maximum absolute atomic E-state index is 12.5. The Bertz CT molecular complexity index is 982. The van der Waals surface area contributed by atoms with Crippen molar-refractivity contribution in [3.8, 4) is 5.75 Å². The summed E-state index contributed by atoms with van der Waals surface area (Å²) in [5.74, 6) is 2.05. The first-order valence-electron chi connectivity index (χ1n) is 11.9. The zero-order valence-corrected chi connectivity index (χ0v) is 21.0. The highest BCUT2D eigenvalue weighted by atomic mass is 35.5. The highest BCUT2D eigenvalue weighted by Gasteiger charge is 2.29. The summed E-state index contributed by atoms with van der Waals surface area (Å²) in [6, 6.07) is 11.7. The number of halogens is 2. The SMILES string of the molecule is O=C(NSC1CC1)c1ccc(OCC2CCN(Cc3cc(Cl)cc(Cl)c3)CC2)c(C2CC2)c1. The first-order valence-corrected chi connectivity index (χ1v) is 13.6. The Kier molecular flexibility index (Phi) is 7.41. The third-order valence-corrected chi connectivity index (χ3v) is 8.19. The second kappa shape index (κ2) is 10.5. The van der Waals surface area contributed by atoms with Crippen molar-refractivity contribution >= 4 is 41.1 Å². The third-order valence-electron chi connectivity index (χ3n) is 6.64. The number of carbonyl (C=O) groups is 1. The van der Waals surface area contributed by atoms with Gasteiger partial charge in [0.1, 0.15) is 5.75 Å². The lowest BCUT2D eigenvalue weighted by Gasteiger charge is -2.32. The predicted molar refractivity (Wildman–Crippen MR) is 136 cm³/mol. The van der Waals surface area contributed by atoms with E-state index in [1.807, 2.05) is 24.3 Å². The lowest BCUT2D eigenvalue weighted by Crippen LogP contribution is -2.35. The van der Waals surface area contributed by atoms with E-state index in [1.165, 1.54) is 31.2 Å². The van der Waals surface area contributed by atoms with Crippen LogP contribution < -0.4 is 9.46 Å². The van der Waals surface area contributed by atoms with Crippen LogP contribution in [0.4, 0.5) is 0 Å². The van der Waals surface area contributed by atoms with Crippen LogP contribution >= 0.6 is 35.1 Å². The normalized spacial score (nSPS) is 19.5. The number of amides is 1. The number of ether oxygens (including phenoxy) is 1. The average molecular weight is 506 g/mol. The van der Waals surface area contributed by atoms with Crippen LogP contribution in [0, 0.1) is 5.92 Å². The second-order valence-corrected chi connectivity index (χ2v) is 11.6. The summed E-state index contributed by atoms with van der Waals surface area (Å²) in [5, 5.41) is 1.99. The molecule has 0 spiro atoms. The number of hydrogen-bond donors (Lipinski definition) is 1. The highest BCUT2D eigenvalue weighted by molar-refractivity contribution is 7.98. The standard InChI is InChI=1S/C26H30Cl2N2O2S/c27-21-11-18(12-22(28)14-21)15-30-9-7-17(8-10-30)16-32-25-6-3-20(13-24(25)19-1-2-19)26(31)29-33-23-4-5-23/h3,6,11-14,17,19,23H,1-2,4-5,7-10,15-16H2,(H,29,31). The number of piperidine rings is 1. The summed E-state index contributed by atoms with van der Waals surface area (Å²) < 4.78 is 9.31. The zero-order chi connectivity index (χ0) is 22.8. The molecular weight excluding hydrogens is 475 g/mol. The van der Waals surface area contributed by atoms with Crippen molar-refractivity contribution < 1.29 is 9.53 Å². The summed E-state index contributed by atoms with van der Waals surface area (Å²) in [5.41, 5.74) is 3.11. The fourth-order valence-electron chi connectivity index (χ4n) is 4.40. The minimum absolute atomic E-state index is 0.00807. The van der Waals surface area contributed by atoms with Gasteiger partial charge in [-0.3, -0.25) is 14.4 Å². The lowest BCUT2D eigenvalue weighted by molar-refractivity contribution is 0.0984. The van der Waals surface area contributed by atoms with Crippen molar-refractivity contribution in [2.45, 2.75) is 56.2 Å². The van der Waals surface area contributed by atoms with E-state index in [1.54, 1.807) is 18.0 Å². The van der Waals surface area contributed by atoms with E-state index in [0.29, 0.717) is 27.1 Å². The molecule has 33 heavy (non-hydrogen) atoms. The van der Waals surface area contributed by atoms with Crippen LogP contribution in [0.5, 0.6) is 5.75 Å². The molecule has 2 saturated carbocycles. The molecule has 0 atom stereocenters. The molecule has 176 valence electrons. The lowest BCUT2D eigenvalue weighted by atomic mass is 9.97. The Morgan fingerprint density at radius 3 is 2.39 bits per heavy atom. The van der Waals surface area contributed by atoms with Crippen molar-refractivity contribution in [3.05, 3.63) is 63.1 Å². The predicted octanol–water partition coefficient (Wildman–Crippen LogP) is 6.70. The maximum atomic E-state index is 12.5. The molecule has 1 aliphatic heterocycles. The molecule has 1 saturated heterocycles. The van der Waals surface area contributed by atoms with Gasteiger partial charge in [-0.25, -0.2) is 0 Å². The van der Waals surface area contributed by atoms with E-state index in [9.17, 15) is 4.79 Å². The molecular formula is C26H30Cl2N2O2S. The highest BCUT2D eigenvalue weighted by Crippen LogP contribution is 2.45. The minimum Gasteiger partial charge on any atom is -0.493 e. The van der Waals surface area contributed by atoms with E-state index < -0.39 is 0 Å². The zero-order valence-electron chi connectivity index (χ0n) is 18.7. The number of carbonyl (C=O) groups excluding carboxylic acids is 1. The third kappa shape index (κ3) is 6.60. The van der Waals surface area contributed by atoms with Crippen molar-refractivity contribution in [3.63, 3.8) is 0 Å². The van der Waals surface area contributed by atoms with Crippen LogP contribution in [-0.4, -0.2) is 35.8 Å². The average Bonchev–Trinajstić information content (AvgIpc) is 3.70. The number of benzene rings is 2. The summed E-state index contributed by atoms with van der Waals surface area (Å²) in [4.78, 5) is 15.0.